The summed E-state index contributed by atoms with van der Waals surface area (Å²) in [5.41, 5.74) is 4.41. The molecule has 0 aromatic heterocycles. The summed E-state index contributed by atoms with van der Waals surface area (Å²) in [6.07, 6.45) is 0. The van der Waals surface area contributed by atoms with Crippen LogP contribution in [0.5, 0.6) is 0 Å². The first-order chi connectivity index (χ1) is 11.1. The molecule has 2 rings (SSSR count). The lowest BCUT2D eigenvalue weighted by Crippen LogP contribution is -2.30. The second-order valence-electron chi connectivity index (χ2n) is 5.57. The number of rotatable bonds is 7. The zero-order valence-electron chi connectivity index (χ0n) is 13.6. The maximum absolute atomic E-state index is 12.2. The van der Waals surface area contributed by atoms with Crippen molar-refractivity contribution in [3.05, 3.63) is 70.8 Å². The van der Waals surface area contributed by atoms with Crippen molar-refractivity contribution in [2.45, 2.75) is 38.0 Å². The Morgan fingerprint density at radius 1 is 1.13 bits per heavy atom. The van der Waals surface area contributed by atoms with Gasteiger partial charge in [0.05, 0.1) is 11.9 Å². The maximum atomic E-state index is 12.2. The quantitative estimate of drug-likeness (QED) is 0.818. The van der Waals surface area contributed by atoms with Crippen molar-refractivity contribution in [1.82, 2.24) is 5.32 Å². The van der Waals surface area contributed by atoms with Crippen LogP contribution in [-0.2, 0) is 23.7 Å². The van der Waals surface area contributed by atoms with E-state index in [1.807, 2.05) is 49.4 Å². The molecular weight excluding hydrogens is 306 g/mol. The monoisotopic (exact) mass is 329 g/mol. The van der Waals surface area contributed by atoms with Gasteiger partial charge in [-0.2, -0.15) is 0 Å². The van der Waals surface area contributed by atoms with Crippen LogP contribution in [-0.4, -0.2) is 16.3 Å². The topological polar surface area (TPSA) is 49.3 Å². The van der Waals surface area contributed by atoms with Gasteiger partial charge in [-0.15, -0.1) is 11.8 Å². The van der Waals surface area contributed by atoms with Crippen molar-refractivity contribution in [1.29, 1.82) is 0 Å². The maximum Gasteiger partial charge on any atom is 0.233 e. The first-order valence-electron chi connectivity index (χ1n) is 7.72. The van der Waals surface area contributed by atoms with E-state index in [0.717, 1.165) is 22.4 Å². The molecule has 2 aromatic rings. The summed E-state index contributed by atoms with van der Waals surface area (Å²) in [7, 11) is 0. The fraction of sp³-hybridized carbons (Fsp3) is 0.316. The average molecular weight is 329 g/mol. The normalized spacial score (nSPS) is 12.0. The molecule has 1 amide bonds. The molecule has 2 N–H and O–H groups in total. The van der Waals surface area contributed by atoms with Crippen LogP contribution in [0.2, 0.25) is 0 Å². The highest BCUT2D eigenvalue weighted by molar-refractivity contribution is 7.99. The lowest BCUT2D eigenvalue weighted by molar-refractivity contribution is -0.120. The molecule has 0 aliphatic heterocycles. The number of aliphatic hydroxyl groups is 1. The van der Waals surface area contributed by atoms with Gasteiger partial charge in [0.25, 0.3) is 0 Å². The Kier molecular flexibility index (Phi) is 6.68. The summed E-state index contributed by atoms with van der Waals surface area (Å²) in [5.74, 6) is 0.843. The van der Waals surface area contributed by atoms with E-state index in [1.54, 1.807) is 11.8 Å². The van der Waals surface area contributed by atoms with Crippen LogP contribution in [0.4, 0.5) is 0 Å². The molecule has 0 saturated carbocycles. The highest BCUT2D eigenvalue weighted by Gasteiger charge is 2.13. The molecule has 0 heterocycles. The Hall–Kier alpha value is -1.78. The number of amides is 1. The second-order valence-corrected chi connectivity index (χ2v) is 6.90. The van der Waals surface area contributed by atoms with Gasteiger partial charge in [-0.05, 0) is 36.1 Å². The number of hydrogen-bond donors (Lipinski definition) is 2. The van der Waals surface area contributed by atoms with E-state index >= 15 is 0 Å². The number of carbonyl (C=O) groups excluding carboxylic acids is 1. The lowest BCUT2D eigenvalue weighted by Gasteiger charge is -2.13. The molecule has 1 atom stereocenters. The van der Waals surface area contributed by atoms with Gasteiger partial charge < -0.3 is 10.4 Å². The molecule has 122 valence electrons. The third kappa shape index (κ3) is 5.41. The largest absolute Gasteiger partial charge is 0.392 e. The Balaban J connectivity index is 1.79. The standard InChI is InChI=1S/C19H23NO2S/c1-14-5-3-4-6-18(14)11-20-19(22)15(2)23-13-17-9-7-16(12-21)8-10-17/h3-10,15,21H,11-13H2,1-2H3,(H,20,22). The van der Waals surface area contributed by atoms with Crippen molar-refractivity contribution in [3.8, 4) is 0 Å². The van der Waals surface area contributed by atoms with Gasteiger partial charge in [0, 0.05) is 12.3 Å². The van der Waals surface area contributed by atoms with Crippen LogP contribution >= 0.6 is 11.8 Å². The third-order valence-electron chi connectivity index (χ3n) is 3.79. The van der Waals surface area contributed by atoms with Crippen LogP contribution in [0.1, 0.15) is 29.2 Å². The van der Waals surface area contributed by atoms with Crippen LogP contribution in [0.15, 0.2) is 48.5 Å². The van der Waals surface area contributed by atoms with Crippen LogP contribution in [0.25, 0.3) is 0 Å². The molecule has 2 aromatic carbocycles. The molecule has 4 heteroatoms. The predicted octanol–water partition coefficient (Wildman–Crippen LogP) is 3.43. The molecule has 0 saturated heterocycles. The SMILES string of the molecule is Cc1ccccc1CNC(=O)C(C)SCc1ccc(CO)cc1. The van der Waals surface area contributed by atoms with Gasteiger partial charge in [0.15, 0.2) is 0 Å². The second kappa shape index (κ2) is 8.75. The van der Waals surface area contributed by atoms with Crippen LogP contribution in [0, 0.1) is 6.92 Å². The van der Waals surface area contributed by atoms with Gasteiger partial charge >= 0.3 is 0 Å². The van der Waals surface area contributed by atoms with Gasteiger partial charge in [0.2, 0.25) is 5.91 Å². The predicted molar refractivity (Wildman–Crippen MR) is 96.1 cm³/mol. The summed E-state index contributed by atoms with van der Waals surface area (Å²) in [4.78, 5) is 12.2. The van der Waals surface area contributed by atoms with Crippen LogP contribution in [0.3, 0.4) is 0 Å². The molecule has 1 unspecified atom stereocenters. The number of aliphatic hydroxyl groups excluding tert-OH is 1. The fourth-order valence-corrected chi connectivity index (χ4v) is 3.04. The molecular formula is C19H23NO2S. The first kappa shape index (κ1) is 17.6. The summed E-state index contributed by atoms with van der Waals surface area (Å²) in [6.45, 7) is 4.61. The van der Waals surface area contributed by atoms with Crippen molar-refractivity contribution in [2.24, 2.45) is 0 Å². The Morgan fingerprint density at radius 3 is 2.43 bits per heavy atom. The molecule has 0 spiro atoms. The van der Waals surface area contributed by atoms with E-state index in [0.29, 0.717) is 6.54 Å². The fourth-order valence-electron chi connectivity index (χ4n) is 2.17. The molecule has 3 nitrogen and oxygen atoms in total. The average Bonchev–Trinajstić information content (AvgIpc) is 2.59. The zero-order chi connectivity index (χ0) is 16.7. The van der Waals surface area contributed by atoms with Crippen LogP contribution < -0.4 is 5.32 Å². The summed E-state index contributed by atoms with van der Waals surface area (Å²) in [5, 5.41) is 11.9. The first-order valence-corrected chi connectivity index (χ1v) is 8.77. The Morgan fingerprint density at radius 2 is 1.78 bits per heavy atom. The number of carbonyl (C=O) groups is 1. The van der Waals surface area contributed by atoms with Gasteiger partial charge in [0.1, 0.15) is 0 Å². The minimum Gasteiger partial charge on any atom is -0.392 e. The number of thioether (sulfide) groups is 1. The van der Waals surface area contributed by atoms with Gasteiger partial charge in [-0.25, -0.2) is 0 Å². The number of hydrogen-bond acceptors (Lipinski definition) is 3. The highest BCUT2D eigenvalue weighted by atomic mass is 32.2. The third-order valence-corrected chi connectivity index (χ3v) is 5.00. The minimum absolute atomic E-state index is 0.0604. The summed E-state index contributed by atoms with van der Waals surface area (Å²) >= 11 is 1.62. The van der Waals surface area contributed by atoms with Crippen molar-refractivity contribution < 1.29 is 9.90 Å². The van der Waals surface area contributed by atoms with E-state index in [9.17, 15) is 4.79 Å². The Bertz CT molecular complexity index is 640. The number of aryl methyl sites for hydroxylation is 1. The lowest BCUT2D eigenvalue weighted by atomic mass is 10.1. The molecule has 0 aliphatic carbocycles. The van der Waals surface area contributed by atoms with Crippen molar-refractivity contribution in [3.63, 3.8) is 0 Å². The van der Waals surface area contributed by atoms with E-state index < -0.39 is 0 Å². The van der Waals surface area contributed by atoms with Gasteiger partial charge in [-0.3, -0.25) is 4.79 Å². The molecule has 0 fully saturated rings. The van der Waals surface area contributed by atoms with E-state index in [4.69, 9.17) is 5.11 Å². The zero-order valence-corrected chi connectivity index (χ0v) is 14.4. The summed E-state index contributed by atoms with van der Waals surface area (Å²) in [6, 6.07) is 15.9. The van der Waals surface area contributed by atoms with Crippen molar-refractivity contribution >= 4 is 17.7 Å². The van der Waals surface area contributed by atoms with E-state index in [-0.39, 0.29) is 17.8 Å². The molecule has 23 heavy (non-hydrogen) atoms. The molecule has 0 radical (unpaired) electrons. The number of nitrogens with one attached hydrogen (secondary N) is 1. The smallest absolute Gasteiger partial charge is 0.233 e. The van der Waals surface area contributed by atoms with Crippen molar-refractivity contribution in [2.75, 3.05) is 0 Å². The number of benzene rings is 2. The van der Waals surface area contributed by atoms with Gasteiger partial charge in [-0.1, -0.05) is 48.5 Å². The van der Waals surface area contributed by atoms with E-state index in [2.05, 4.69) is 18.3 Å². The molecule has 0 aliphatic rings. The Labute approximate surface area is 142 Å². The summed E-state index contributed by atoms with van der Waals surface area (Å²) < 4.78 is 0. The molecule has 0 bridgehead atoms. The minimum atomic E-state index is -0.100. The highest BCUT2D eigenvalue weighted by Crippen LogP contribution is 2.18. The van der Waals surface area contributed by atoms with E-state index in [1.165, 1.54) is 5.56 Å².